The molecule has 29 heavy (non-hydrogen) atoms. The number of anilines is 1. The molecule has 3 rings (SSSR count). The number of benzene rings is 3. The number of nitrogens with one attached hydrogen (secondary N) is 2. The van der Waals surface area contributed by atoms with Crippen LogP contribution in [0.2, 0.25) is 0 Å². The molecule has 0 aliphatic heterocycles. The summed E-state index contributed by atoms with van der Waals surface area (Å²) in [5.74, 6) is 0.144. The molecule has 0 heterocycles. The minimum absolute atomic E-state index is 0.246. The van der Waals surface area contributed by atoms with Gasteiger partial charge in [-0.15, -0.1) is 0 Å². The zero-order chi connectivity index (χ0) is 20.6. The van der Waals surface area contributed by atoms with Gasteiger partial charge in [-0.3, -0.25) is 9.59 Å². The summed E-state index contributed by atoms with van der Waals surface area (Å²) in [7, 11) is 1.58. The van der Waals surface area contributed by atoms with Gasteiger partial charge in [-0.2, -0.15) is 5.26 Å². The molecule has 0 radical (unpaired) electrons. The van der Waals surface area contributed by atoms with Gasteiger partial charge in [-0.25, -0.2) is 0 Å². The predicted molar refractivity (Wildman–Crippen MR) is 110 cm³/mol. The van der Waals surface area contributed by atoms with Gasteiger partial charge in [0.25, 0.3) is 11.8 Å². The van der Waals surface area contributed by atoms with Crippen molar-refractivity contribution in [1.29, 1.82) is 5.26 Å². The van der Waals surface area contributed by atoms with Gasteiger partial charge in [0.15, 0.2) is 0 Å². The third-order valence-electron chi connectivity index (χ3n) is 4.29. The molecule has 2 amide bonds. The van der Waals surface area contributed by atoms with Gasteiger partial charge in [0.05, 0.1) is 18.7 Å². The minimum Gasteiger partial charge on any atom is -0.496 e. The molecule has 0 spiro atoms. The number of nitrogens with zero attached hydrogens (tertiary/aromatic N) is 1. The van der Waals surface area contributed by atoms with Crippen LogP contribution >= 0.6 is 0 Å². The minimum atomic E-state index is -0.318. The van der Waals surface area contributed by atoms with E-state index in [-0.39, 0.29) is 11.8 Å². The fourth-order valence-electron chi connectivity index (χ4n) is 2.77. The lowest BCUT2D eigenvalue weighted by molar-refractivity contribution is 0.0949. The van der Waals surface area contributed by atoms with Crippen molar-refractivity contribution in [2.24, 2.45) is 0 Å². The number of amides is 2. The van der Waals surface area contributed by atoms with E-state index in [1.165, 1.54) is 0 Å². The SMILES string of the molecule is COc1ccccc1CNC(=O)c1ccc(C(=O)Nc2cccc(C#N)c2)cc1. The van der Waals surface area contributed by atoms with Crippen molar-refractivity contribution in [3.8, 4) is 11.8 Å². The van der Waals surface area contributed by atoms with Gasteiger partial charge in [0.1, 0.15) is 5.75 Å². The Bertz CT molecular complexity index is 1070. The molecule has 0 aromatic heterocycles. The molecule has 0 atom stereocenters. The van der Waals surface area contributed by atoms with E-state index in [1.54, 1.807) is 55.6 Å². The molecule has 0 fully saturated rings. The van der Waals surface area contributed by atoms with Crippen molar-refractivity contribution < 1.29 is 14.3 Å². The maximum Gasteiger partial charge on any atom is 0.255 e. The third-order valence-corrected chi connectivity index (χ3v) is 4.29. The molecule has 0 saturated carbocycles. The number of ether oxygens (including phenoxy) is 1. The van der Waals surface area contributed by atoms with Crippen LogP contribution in [0.5, 0.6) is 5.75 Å². The Hall–Kier alpha value is -4.11. The Labute approximate surface area is 168 Å². The maximum atomic E-state index is 12.4. The summed E-state index contributed by atoms with van der Waals surface area (Å²) in [6.45, 7) is 0.334. The number of carbonyl (C=O) groups excluding carboxylic acids is 2. The molecule has 144 valence electrons. The fraction of sp³-hybridized carbons (Fsp3) is 0.0870. The summed E-state index contributed by atoms with van der Waals surface area (Å²) in [6.07, 6.45) is 0. The number of carbonyl (C=O) groups is 2. The van der Waals surface area contributed by atoms with Gasteiger partial charge < -0.3 is 15.4 Å². The van der Waals surface area contributed by atoms with E-state index in [2.05, 4.69) is 10.6 Å². The second kappa shape index (κ2) is 9.20. The summed E-state index contributed by atoms with van der Waals surface area (Å²) in [5.41, 5.74) is 2.73. The van der Waals surface area contributed by atoms with Crippen molar-refractivity contribution in [1.82, 2.24) is 5.32 Å². The number of methoxy groups -OCH3 is 1. The average molecular weight is 385 g/mol. The molecule has 0 bridgehead atoms. The number of para-hydroxylation sites is 1. The van der Waals surface area contributed by atoms with Crippen molar-refractivity contribution >= 4 is 17.5 Å². The normalized spacial score (nSPS) is 9.93. The summed E-state index contributed by atoms with van der Waals surface area (Å²) >= 11 is 0. The standard InChI is InChI=1S/C23H19N3O3/c1-29-21-8-3-2-6-19(21)15-25-22(27)17-9-11-18(12-10-17)23(28)26-20-7-4-5-16(13-20)14-24/h2-13H,15H2,1H3,(H,25,27)(H,26,28). The van der Waals surface area contributed by atoms with E-state index in [0.717, 1.165) is 5.56 Å². The van der Waals surface area contributed by atoms with Gasteiger partial charge in [-0.05, 0) is 48.5 Å². The van der Waals surface area contributed by atoms with E-state index < -0.39 is 0 Å². The summed E-state index contributed by atoms with van der Waals surface area (Å²) in [5, 5.41) is 14.5. The molecule has 6 heteroatoms. The lowest BCUT2D eigenvalue weighted by atomic mass is 10.1. The molecule has 6 nitrogen and oxygen atoms in total. The molecule has 3 aromatic rings. The number of hydrogen-bond donors (Lipinski definition) is 2. The molecular weight excluding hydrogens is 366 g/mol. The van der Waals surface area contributed by atoms with E-state index in [1.807, 2.05) is 30.3 Å². The van der Waals surface area contributed by atoms with Crippen molar-refractivity contribution in [3.63, 3.8) is 0 Å². The Morgan fingerprint density at radius 2 is 1.62 bits per heavy atom. The molecule has 3 aromatic carbocycles. The van der Waals surface area contributed by atoms with Crippen LogP contribution in [0.3, 0.4) is 0 Å². The van der Waals surface area contributed by atoms with Crippen LogP contribution in [0.1, 0.15) is 31.8 Å². The Kier molecular flexibility index (Phi) is 6.23. The van der Waals surface area contributed by atoms with E-state index in [0.29, 0.717) is 34.7 Å². The van der Waals surface area contributed by atoms with E-state index >= 15 is 0 Å². The molecule has 0 saturated heterocycles. The summed E-state index contributed by atoms with van der Waals surface area (Å²) in [6, 6.07) is 22.5. The first-order valence-electron chi connectivity index (χ1n) is 8.92. The van der Waals surface area contributed by atoms with Crippen molar-refractivity contribution in [2.75, 3.05) is 12.4 Å². The number of hydrogen-bond acceptors (Lipinski definition) is 4. The maximum absolute atomic E-state index is 12.4. The highest BCUT2D eigenvalue weighted by atomic mass is 16.5. The van der Waals surface area contributed by atoms with Gasteiger partial charge in [0.2, 0.25) is 0 Å². The first-order chi connectivity index (χ1) is 14.1. The third kappa shape index (κ3) is 4.99. The highest BCUT2D eigenvalue weighted by Crippen LogP contribution is 2.17. The van der Waals surface area contributed by atoms with Crippen LogP contribution in [0.25, 0.3) is 0 Å². The van der Waals surface area contributed by atoms with Crippen LogP contribution in [0, 0.1) is 11.3 Å². The lowest BCUT2D eigenvalue weighted by Gasteiger charge is -2.10. The van der Waals surface area contributed by atoms with Crippen molar-refractivity contribution in [3.05, 3.63) is 95.1 Å². The highest BCUT2D eigenvalue weighted by molar-refractivity contribution is 6.05. The van der Waals surface area contributed by atoms with Crippen LogP contribution in [0.15, 0.2) is 72.8 Å². The average Bonchev–Trinajstić information content (AvgIpc) is 2.77. The first kappa shape index (κ1) is 19.6. The number of nitriles is 1. The smallest absolute Gasteiger partial charge is 0.255 e. The molecule has 0 aliphatic carbocycles. The van der Waals surface area contributed by atoms with Crippen LogP contribution in [0.4, 0.5) is 5.69 Å². The molecule has 0 aliphatic rings. The first-order valence-corrected chi connectivity index (χ1v) is 8.92. The quantitative estimate of drug-likeness (QED) is 0.676. The molecular formula is C23H19N3O3. The Balaban J connectivity index is 1.62. The lowest BCUT2D eigenvalue weighted by Crippen LogP contribution is -2.23. The highest BCUT2D eigenvalue weighted by Gasteiger charge is 2.10. The van der Waals surface area contributed by atoms with Crippen LogP contribution in [-0.2, 0) is 6.54 Å². The monoisotopic (exact) mass is 385 g/mol. The van der Waals surface area contributed by atoms with Gasteiger partial charge >= 0.3 is 0 Å². The zero-order valence-electron chi connectivity index (χ0n) is 15.8. The predicted octanol–water partition coefficient (Wildman–Crippen LogP) is 3.75. The van der Waals surface area contributed by atoms with E-state index in [4.69, 9.17) is 10.00 Å². The van der Waals surface area contributed by atoms with Gasteiger partial charge in [-0.1, -0.05) is 24.3 Å². The number of rotatable bonds is 6. The Morgan fingerprint density at radius 3 is 2.31 bits per heavy atom. The van der Waals surface area contributed by atoms with E-state index in [9.17, 15) is 9.59 Å². The second-order valence-electron chi connectivity index (χ2n) is 6.22. The summed E-state index contributed by atoms with van der Waals surface area (Å²) < 4.78 is 5.28. The topological polar surface area (TPSA) is 91.2 Å². The Morgan fingerprint density at radius 1 is 0.931 bits per heavy atom. The van der Waals surface area contributed by atoms with Gasteiger partial charge in [0, 0.05) is 28.9 Å². The molecule has 2 N–H and O–H groups in total. The zero-order valence-corrected chi connectivity index (χ0v) is 15.8. The second-order valence-corrected chi connectivity index (χ2v) is 6.22. The van der Waals surface area contributed by atoms with Crippen LogP contribution in [-0.4, -0.2) is 18.9 Å². The fourth-order valence-corrected chi connectivity index (χ4v) is 2.77. The largest absolute Gasteiger partial charge is 0.496 e. The molecule has 0 unspecified atom stereocenters. The van der Waals surface area contributed by atoms with Crippen molar-refractivity contribution in [2.45, 2.75) is 6.54 Å². The van der Waals surface area contributed by atoms with Crippen LogP contribution < -0.4 is 15.4 Å². The summed E-state index contributed by atoms with van der Waals surface area (Å²) in [4.78, 5) is 24.7.